The lowest BCUT2D eigenvalue weighted by Gasteiger charge is -2.55. The van der Waals surface area contributed by atoms with Crippen molar-refractivity contribution < 1.29 is 4.79 Å². The summed E-state index contributed by atoms with van der Waals surface area (Å²) in [6.45, 7) is 2.61. The van der Waals surface area contributed by atoms with Gasteiger partial charge in [-0.2, -0.15) is 0 Å². The second kappa shape index (κ2) is 4.55. The molecule has 1 N–H and O–H groups in total. The zero-order chi connectivity index (χ0) is 13.7. The average Bonchev–Trinajstić information content (AvgIpc) is 2.80. The van der Waals surface area contributed by atoms with Crippen LogP contribution in [-0.2, 0) is 11.3 Å². The molecule has 0 saturated heterocycles. The Balaban J connectivity index is 1.45. The van der Waals surface area contributed by atoms with Crippen LogP contribution in [0.15, 0.2) is 5.38 Å². The molecule has 1 aromatic heterocycles. The van der Waals surface area contributed by atoms with Crippen LogP contribution in [0.2, 0.25) is 0 Å². The van der Waals surface area contributed by atoms with Gasteiger partial charge in [-0.1, -0.05) is 0 Å². The van der Waals surface area contributed by atoms with Crippen molar-refractivity contribution in [1.29, 1.82) is 0 Å². The highest BCUT2D eigenvalue weighted by Crippen LogP contribution is 2.60. The Kier molecular flexibility index (Phi) is 2.92. The van der Waals surface area contributed by atoms with Crippen LogP contribution in [0.1, 0.15) is 49.2 Å². The van der Waals surface area contributed by atoms with E-state index >= 15 is 0 Å². The number of nitrogens with zero attached hydrogens (tertiary/aromatic N) is 1. The third-order valence-electron chi connectivity index (χ3n) is 5.59. The molecule has 0 aliphatic heterocycles. The normalized spacial score (nSPS) is 38.1. The maximum Gasteiger partial charge on any atom is 0.226 e. The zero-order valence-electron chi connectivity index (χ0n) is 12.0. The number of rotatable bonds is 3. The van der Waals surface area contributed by atoms with Crippen LogP contribution in [0.5, 0.6) is 0 Å². The van der Waals surface area contributed by atoms with E-state index in [-0.39, 0.29) is 5.41 Å². The van der Waals surface area contributed by atoms with Crippen LogP contribution in [-0.4, -0.2) is 10.9 Å². The molecular formula is C16H22N2OS. The first-order valence-electron chi connectivity index (χ1n) is 7.82. The van der Waals surface area contributed by atoms with Gasteiger partial charge in [0, 0.05) is 16.5 Å². The Morgan fingerprint density at radius 1 is 1.30 bits per heavy atom. The summed E-state index contributed by atoms with van der Waals surface area (Å²) in [7, 11) is 0. The van der Waals surface area contributed by atoms with Crippen LogP contribution < -0.4 is 5.32 Å². The molecule has 0 aromatic carbocycles. The van der Waals surface area contributed by atoms with Gasteiger partial charge in [0.25, 0.3) is 0 Å². The molecule has 4 saturated carbocycles. The monoisotopic (exact) mass is 290 g/mol. The maximum absolute atomic E-state index is 12.7. The standard InChI is InChI=1S/C16H22N2OS/c1-10-9-20-14(18-10)8-17-15(19)16-5-11-2-12(6-16)4-13(3-11)7-16/h9,11-13H,2-8H2,1H3,(H,17,19). The molecule has 3 nitrogen and oxygen atoms in total. The van der Waals surface area contributed by atoms with Crippen molar-refractivity contribution in [2.75, 3.05) is 0 Å². The maximum atomic E-state index is 12.7. The Morgan fingerprint density at radius 2 is 1.90 bits per heavy atom. The molecule has 4 fully saturated rings. The SMILES string of the molecule is Cc1csc(CNC(=O)C23CC4CC(CC(C4)C2)C3)n1. The van der Waals surface area contributed by atoms with Crippen molar-refractivity contribution in [3.05, 3.63) is 16.1 Å². The first-order valence-corrected chi connectivity index (χ1v) is 8.70. The molecule has 1 aromatic rings. The Hall–Kier alpha value is -0.900. The van der Waals surface area contributed by atoms with E-state index in [0.717, 1.165) is 47.7 Å². The van der Waals surface area contributed by atoms with Gasteiger partial charge >= 0.3 is 0 Å². The third-order valence-corrected chi connectivity index (χ3v) is 6.55. The predicted octanol–water partition coefficient (Wildman–Crippen LogP) is 3.28. The number of carbonyl (C=O) groups excluding carboxylic acids is 1. The molecule has 4 heteroatoms. The highest BCUT2D eigenvalue weighted by Gasteiger charge is 2.54. The molecule has 4 aliphatic carbocycles. The van der Waals surface area contributed by atoms with E-state index in [4.69, 9.17) is 0 Å². The summed E-state index contributed by atoms with van der Waals surface area (Å²) in [6.07, 6.45) is 7.58. The van der Waals surface area contributed by atoms with Crippen LogP contribution >= 0.6 is 11.3 Å². The summed E-state index contributed by atoms with van der Waals surface area (Å²) in [4.78, 5) is 17.2. The van der Waals surface area contributed by atoms with Crippen LogP contribution in [0.4, 0.5) is 0 Å². The second-order valence-electron chi connectivity index (χ2n) is 7.26. The summed E-state index contributed by atoms with van der Waals surface area (Å²) in [5.41, 5.74) is 1.02. The predicted molar refractivity (Wildman–Crippen MR) is 79.3 cm³/mol. The van der Waals surface area contributed by atoms with E-state index in [9.17, 15) is 4.79 Å². The van der Waals surface area contributed by atoms with Crippen molar-refractivity contribution in [1.82, 2.24) is 10.3 Å². The fourth-order valence-corrected chi connectivity index (χ4v) is 5.93. The average molecular weight is 290 g/mol. The van der Waals surface area contributed by atoms with E-state index in [1.165, 1.54) is 19.3 Å². The van der Waals surface area contributed by atoms with E-state index in [0.29, 0.717) is 12.5 Å². The van der Waals surface area contributed by atoms with E-state index in [1.54, 1.807) is 11.3 Å². The summed E-state index contributed by atoms with van der Waals surface area (Å²) in [6, 6.07) is 0. The van der Waals surface area contributed by atoms with Gasteiger partial charge in [-0.15, -0.1) is 11.3 Å². The van der Waals surface area contributed by atoms with Gasteiger partial charge in [0.2, 0.25) is 5.91 Å². The minimum absolute atomic E-state index is 0.0267. The lowest BCUT2D eigenvalue weighted by molar-refractivity contribution is -0.146. The lowest BCUT2D eigenvalue weighted by atomic mass is 9.49. The van der Waals surface area contributed by atoms with Crippen molar-refractivity contribution in [2.24, 2.45) is 23.2 Å². The van der Waals surface area contributed by atoms with E-state index in [2.05, 4.69) is 10.3 Å². The topological polar surface area (TPSA) is 42.0 Å². The van der Waals surface area contributed by atoms with Crippen molar-refractivity contribution in [2.45, 2.75) is 52.0 Å². The van der Waals surface area contributed by atoms with Gasteiger partial charge in [-0.05, 0) is 63.2 Å². The molecule has 20 heavy (non-hydrogen) atoms. The van der Waals surface area contributed by atoms with Gasteiger partial charge < -0.3 is 5.32 Å². The highest BCUT2D eigenvalue weighted by molar-refractivity contribution is 7.09. The number of nitrogens with one attached hydrogen (secondary N) is 1. The molecular weight excluding hydrogens is 268 g/mol. The molecule has 4 aliphatic rings. The van der Waals surface area contributed by atoms with Gasteiger partial charge in [-0.3, -0.25) is 4.79 Å². The number of aryl methyl sites for hydroxylation is 1. The number of carbonyl (C=O) groups is 1. The number of aromatic nitrogens is 1. The van der Waals surface area contributed by atoms with Crippen molar-refractivity contribution in [3.8, 4) is 0 Å². The van der Waals surface area contributed by atoms with Crippen molar-refractivity contribution in [3.63, 3.8) is 0 Å². The first kappa shape index (κ1) is 12.8. The molecule has 1 amide bonds. The number of amides is 1. The Labute approximate surface area is 124 Å². The van der Waals surface area contributed by atoms with Gasteiger partial charge in [0.15, 0.2) is 0 Å². The smallest absolute Gasteiger partial charge is 0.226 e. The summed E-state index contributed by atoms with van der Waals surface area (Å²) >= 11 is 1.64. The minimum Gasteiger partial charge on any atom is -0.349 e. The molecule has 0 spiro atoms. The van der Waals surface area contributed by atoms with E-state index < -0.39 is 0 Å². The summed E-state index contributed by atoms with van der Waals surface area (Å²) in [5.74, 6) is 2.79. The molecule has 1 heterocycles. The largest absolute Gasteiger partial charge is 0.349 e. The van der Waals surface area contributed by atoms with Gasteiger partial charge in [0.05, 0.1) is 6.54 Å². The van der Waals surface area contributed by atoms with Crippen molar-refractivity contribution >= 4 is 17.2 Å². The molecule has 108 valence electrons. The van der Waals surface area contributed by atoms with Crippen LogP contribution in [0.3, 0.4) is 0 Å². The summed E-state index contributed by atoms with van der Waals surface area (Å²) in [5, 5.41) is 6.25. The zero-order valence-corrected chi connectivity index (χ0v) is 12.8. The van der Waals surface area contributed by atoms with Gasteiger partial charge in [-0.25, -0.2) is 4.98 Å². The molecule has 0 atom stereocenters. The molecule has 0 unspecified atom stereocenters. The fourth-order valence-electron chi connectivity index (χ4n) is 5.22. The summed E-state index contributed by atoms with van der Waals surface area (Å²) < 4.78 is 0. The molecule has 5 rings (SSSR count). The minimum atomic E-state index is -0.0267. The number of hydrogen-bond acceptors (Lipinski definition) is 3. The number of hydrogen-bond donors (Lipinski definition) is 1. The highest BCUT2D eigenvalue weighted by atomic mass is 32.1. The van der Waals surface area contributed by atoms with Gasteiger partial charge in [0.1, 0.15) is 5.01 Å². The quantitative estimate of drug-likeness (QED) is 0.928. The first-order chi connectivity index (χ1) is 9.63. The van der Waals surface area contributed by atoms with Crippen LogP contribution in [0.25, 0.3) is 0 Å². The Morgan fingerprint density at radius 3 is 2.40 bits per heavy atom. The molecule has 4 bridgehead atoms. The third kappa shape index (κ3) is 2.09. The number of thiazole rings is 1. The Bertz CT molecular complexity index is 501. The fraction of sp³-hybridized carbons (Fsp3) is 0.750. The molecule has 0 radical (unpaired) electrons. The van der Waals surface area contributed by atoms with Crippen LogP contribution in [0, 0.1) is 30.1 Å². The van der Waals surface area contributed by atoms with E-state index in [1.807, 2.05) is 12.3 Å². The second-order valence-corrected chi connectivity index (χ2v) is 8.21. The lowest BCUT2D eigenvalue weighted by Crippen LogP contribution is -2.53.